The molecule has 2 aromatic carbocycles. The molecule has 0 unspecified atom stereocenters. The number of fused-ring (bicyclic) bond motifs is 1. The van der Waals surface area contributed by atoms with Gasteiger partial charge in [0, 0.05) is 18.3 Å². The van der Waals surface area contributed by atoms with Gasteiger partial charge >= 0.3 is 0 Å². The third-order valence-electron chi connectivity index (χ3n) is 4.95. The monoisotopic (exact) mass is 407 g/mol. The first kappa shape index (κ1) is 20.0. The van der Waals surface area contributed by atoms with Crippen LogP contribution < -0.4 is 4.74 Å². The topological polar surface area (TPSA) is 29.8 Å². The van der Waals surface area contributed by atoms with Crippen molar-refractivity contribution in [3.63, 3.8) is 0 Å². The molecule has 0 radical (unpaired) electrons. The average molecular weight is 407 g/mol. The van der Waals surface area contributed by atoms with Crippen LogP contribution in [0.5, 0.6) is 5.75 Å². The van der Waals surface area contributed by atoms with Gasteiger partial charge < -0.3 is 9.64 Å². The molecule has 0 bridgehead atoms. The normalized spacial score (nSPS) is 11.4. The van der Waals surface area contributed by atoms with Crippen LogP contribution in [0.3, 0.4) is 0 Å². The van der Waals surface area contributed by atoms with E-state index in [9.17, 15) is 8.78 Å². The molecule has 30 heavy (non-hydrogen) atoms. The van der Waals surface area contributed by atoms with Crippen molar-refractivity contribution in [1.82, 2.24) is 14.3 Å². The molecule has 4 nitrogen and oxygen atoms in total. The second-order valence-electron chi connectivity index (χ2n) is 7.54. The van der Waals surface area contributed by atoms with Crippen LogP contribution in [-0.2, 0) is 13.2 Å². The zero-order chi connectivity index (χ0) is 21.3. The smallest absolute Gasteiger partial charge is 0.180 e. The molecule has 0 saturated heterocycles. The first-order chi connectivity index (χ1) is 14.4. The lowest BCUT2D eigenvalue weighted by atomic mass is 10.1. The minimum atomic E-state index is -0.625. The van der Waals surface area contributed by atoms with E-state index in [2.05, 4.69) is 34.1 Å². The van der Waals surface area contributed by atoms with Crippen LogP contribution in [0.2, 0.25) is 0 Å². The third-order valence-corrected chi connectivity index (χ3v) is 4.95. The summed E-state index contributed by atoms with van der Waals surface area (Å²) in [6, 6.07) is 15.7. The molecule has 2 aromatic heterocycles. The van der Waals surface area contributed by atoms with Gasteiger partial charge in [-0.05, 0) is 50.8 Å². The van der Waals surface area contributed by atoms with Gasteiger partial charge in [-0.3, -0.25) is 4.40 Å². The SMILES string of the molecule is Cc1nc2c(OCc3c(F)cccc3F)cccn2c1-c1ccc(CN(C)C)cc1. The maximum absolute atomic E-state index is 13.9. The summed E-state index contributed by atoms with van der Waals surface area (Å²) in [6.07, 6.45) is 1.91. The maximum atomic E-state index is 13.9. The van der Waals surface area contributed by atoms with E-state index in [0.29, 0.717) is 11.4 Å². The summed E-state index contributed by atoms with van der Waals surface area (Å²) in [5, 5.41) is 0. The van der Waals surface area contributed by atoms with Gasteiger partial charge in [-0.25, -0.2) is 13.8 Å². The highest BCUT2D eigenvalue weighted by atomic mass is 19.1. The molecular formula is C24H23F2N3O. The predicted molar refractivity (Wildman–Crippen MR) is 113 cm³/mol. The number of rotatable bonds is 6. The number of aryl methyl sites for hydroxylation is 1. The lowest BCUT2D eigenvalue weighted by Crippen LogP contribution is -2.10. The van der Waals surface area contributed by atoms with Crippen molar-refractivity contribution in [3.8, 4) is 17.0 Å². The average Bonchev–Trinajstić information content (AvgIpc) is 3.04. The quantitative estimate of drug-likeness (QED) is 0.438. The third kappa shape index (κ3) is 3.91. The summed E-state index contributed by atoms with van der Waals surface area (Å²) in [5.74, 6) is -0.779. The van der Waals surface area contributed by atoms with Crippen LogP contribution >= 0.6 is 0 Å². The molecule has 0 aliphatic rings. The molecular weight excluding hydrogens is 384 g/mol. The lowest BCUT2D eigenvalue weighted by molar-refractivity contribution is 0.294. The van der Waals surface area contributed by atoms with Gasteiger partial charge in [0.2, 0.25) is 0 Å². The number of pyridine rings is 1. The molecule has 6 heteroatoms. The molecule has 0 saturated carbocycles. The van der Waals surface area contributed by atoms with Crippen molar-refractivity contribution in [2.75, 3.05) is 14.1 Å². The highest BCUT2D eigenvalue weighted by Crippen LogP contribution is 2.30. The number of benzene rings is 2. The van der Waals surface area contributed by atoms with Crippen LogP contribution in [0.15, 0.2) is 60.8 Å². The number of imidazole rings is 1. The van der Waals surface area contributed by atoms with Crippen LogP contribution in [0.25, 0.3) is 16.9 Å². The fourth-order valence-electron chi connectivity index (χ4n) is 3.57. The number of hydrogen-bond donors (Lipinski definition) is 0. The van der Waals surface area contributed by atoms with Crippen molar-refractivity contribution in [2.45, 2.75) is 20.1 Å². The standard InChI is InChI=1S/C24H23F2N3O/c1-16-23(18-11-9-17(10-12-18)14-28(2)3)29-13-5-8-22(24(29)27-16)30-15-19-20(25)6-4-7-21(19)26/h4-13H,14-15H2,1-3H3. The Morgan fingerprint density at radius 2 is 1.67 bits per heavy atom. The molecule has 2 heterocycles. The van der Waals surface area contributed by atoms with Gasteiger partial charge in [0.05, 0.1) is 17.0 Å². The van der Waals surface area contributed by atoms with Gasteiger partial charge in [0.15, 0.2) is 11.4 Å². The van der Waals surface area contributed by atoms with E-state index < -0.39 is 11.6 Å². The van der Waals surface area contributed by atoms with Gasteiger partial charge in [-0.1, -0.05) is 30.3 Å². The molecule has 0 aliphatic carbocycles. The second-order valence-corrected chi connectivity index (χ2v) is 7.54. The summed E-state index contributed by atoms with van der Waals surface area (Å²) >= 11 is 0. The molecule has 4 aromatic rings. The van der Waals surface area contributed by atoms with Crippen LogP contribution in [0.4, 0.5) is 8.78 Å². The Balaban J connectivity index is 1.67. The van der Waals surface area contributed by atoms with Crippen molar-refractivity contribution >= 4 is 5.65 Å². The van der Waals surface area contributed by atoms with E-state index in [0.717, 1.165) is 23.5 Å². The van der Waals surface area contributed by atoms with E-state index in [4.69, 9.17) is 4.74 Å². The van der Waals surface area contributed by atoms with Crippen molar-refractivity contribution in [2.24, 2.45) is 0 Å². The number of ether oxygens (including phenoxy) is 1. The maximum Gasteiger partial charge on any atom is 0.180 e. The molecule has 0 N–H and O–H groups in total. The highest BCUT2D eigenvalue weighted by molar-refractivity contribution is 5.70. The Kier molecular flexibility index (Phi) is 5.50. The molecule has 0 atom stereocenters. The number of aromatic nitrogens is 2. The Morgan fingerprint density at radius 1 is 0.967 bits per heavy atom. The fourth-order valence-corrected chi connectivity index (χ4v) is 3.57. The minimum Gasteiger partial charge on any atom is -0.485 e. The fraction of sp³-hybridized carbons (Fsp3) is 0.208. The van der Waals surface area contributed by atoms with E-state index in [1.54, 1.807) is 6.07 Å². The van der Waals surface area contributed by atoms with Crippen molar-refractivity contribution in [3.05, 3.63) is 89.2 Å². The van der Waals surface area contributed by atoms with E-state index in [1.165, 1.54) is 23.8 Å². The molecule has 0 aliphatic heterocycles. The minimum absolute atomic E-state index is 0.0977. The van der Waals surface area contributed by atoms with Crippen LogP contribution in [0.1, 0.15) is 16.8 Å². The highest BCUT2D eigenvalue weighted by Gasteiger charge is 2.16. The Hall–Kier alpha value is -3.25. The molecule has 0 amide bonds. The summed E-state index contributed by atoms with van der Waals surface area (Å²) in [7, 11) is 4.08. The summed E-state index contributed by atoms with van der Waals surface area (Å²) in [5.41, 5.74) is 4.59. The first-order valence-electron chi connectivity index (χ1n) is 9.71. The van der Waals surface area contributed by atoms with Gasteiger partial charge in [0.1, 0.15) is 18.2 Å². The van der Waals surface area contributed by atoms with Gasteiger partial charge in [-0.2, -0.15) is 0 Å². The zero-order valence-electron chi connectivity index (χ0n) is 17.2. The predicted octanol–water partition coefficient (Wildman–Crippen LogP) is 5.23. The first-order valence-corrected chi connectivity index (χ1v) is 9.71. The van der Waals surface area contributed by atoms with Crippen molar-refractivity contribution < 1.29 is 13.5 Å². The van der Waals surface area contributed by atoms with E-state index in [1.807, 2.05) is 37.7 Å². The van der Waals surface area contributed by atoms with Gasteiger partial charge in [-0.15, -0.1) is 0 Å². The molecule has 0 spiro atoms. The summed E-state index contributed by atoms with van der Waals surface area (Å²) < 4.78 is 35.6. The molecule has 0 fully saturated rings. The van der Waals surface area contributed by atoms with Crippen molar-refractivity contribution in [1.29, 1.82) is 0 Å². The molecule has 154 valence electrons. The number of hydrogen-bond acceptors (Lipinski definition) is 3. The Bertz CT molecular complexity index is 1160. The zero-order valence-corrected chi connectivity index (χ0v) is 17.2. The largest absolute Gasteiger partial charge is 0.485 e. The van der Waals surface area contributed by atoms with E-state index >= 15 is 0 Å². The Morgan fingerprint density at radius 3 is 2.33 bits per heavy atom. The van der Waals surface area contributed by atoms with Gasteiger partial charge in [0.25, 0.3) is 0 Å². The van der Waals surface area contributed by atoms with Crippen LogP contribution in [0, 0.1) is 18.6 Å². The second kappa shape index (κ2) is 8.24. The number of nitrogens with zero attached hydrogens (tertiary/aromatic N) is 3. The Labute approximate surface area is 174 Å². The summed E-state index contributed by atoms with van der Waals surface area (Å²) in [4.78, 5) is 6.78. The number of halogens is 2. The van der Waals surface area contributed by atoms with E-state index in [-0.39, 0.29) is 12.2 Å². The lowest BCUT2D eigenvalue weighted by Gasteiger charge is -2.11. The van der Waals surface area contributed by atoms with Crippen LogP contribution in [-0.4, -0.2) is 28.4 Å². The summed E-state index contributed by atoms with van der Waals surface area (Å²) in [6.45, 7) is 2.60. The molecule has 4 rings (SSSR count).